The Kier molecular flexibility index (Phi) is 5.66. The van der Waals surface area contributed by atoms with Gasteiger partial charge in [-0.3, -0.25) is 5.41 Å². The van der Waals surface area contributed by atoms with E-state index < -0.39 is 0 Å². The summed E-state index contributed by atoms with van der Waals surface area (Å²) in [6, 6.07) is 15.8. The number of benzene rings is 2. The van der Waals surface area contributed by atoms with Gasteiger partial charge in [0.05, 0.1) is 17.8 Å². The minimum Gasteiger partial charge on any atom is -0.510 e. The molecule has 0 aliphatic carbocycles. The molecule has 0 atom stereocenters. The monoisotopic (exact) mass is 464 g/mol. The first-order valence-electron chi connectivity index (χ1n) is 10.8. The molecule has 0 amide bonds. The SMILES string of the molecule is CC1CCN(c2ccc(N3CC(O)=C(c4nc(-c5ccc(Cl)cc5)cs4)C3=N)cc2)CC1. The number of nitrogens with zero attached hydrogens (tertiary/aromatic N) is 3. The van der Waals surface area contributed by atoms with Crippen LogP contribution < -0.4 is 9.80 Å². The summed E-state index contributed by atoms with van der Waals surface area (Å²) in [5.41, 5.74) is 4.40. The van der Waals surface area contributed by atoms with Gasteiger partial charge >= 0.3 is 0 Å². The van der Waals surface area contributed by atoms with Crippen molar-refractivity contribution in [3.05, 3.63) is 69.7 Å². The zero-order valence-electron chi connectivity index (χ0n) is 17.9. The van der Waals surface area contributed by atoms with E-state index in [1.165, 1.54) is 29.9 Å². The van der Waals surface area contributed by atoms with Crippen molar-refractivity contribution in [2.75, 3.05) is 29.4 Å². The van der Waals surface area contributed by atoms with Crippen LogP contribution in [0.3, 0.4) is 0 Å². The lowest BCUT2D eigenvalue weighted by molar-refractivity contribution is 0.411. The van der Waals surface area contributed by atoms with Gasteiger partial charge in [0.25, 0.3) is 0 Å². The molecule has 0 radical (unpaired) electrons. The van der Waals surface area contributed by atoms with Gasteiger partial charge in [-0.2, -0.15) is 0 Å². The molecule has 5 nitrogen and oxygen atoms in total. The van der Waals surface area contributed by atoms with Gasteiger partial charge in [0, 0.05) is 40.4 Å². The number of aromatic nitrogens is 1. The summed E-state index contributed by atoms with van der Waals surface area (Å²) in [6.45, 7) is 4.78. The van der Waals surface area contributed by atoms with Crippen LogP contribution in [-0.2, 0) is 0 Å². The quantitative estimate of drug-likeness (QED) is 0.464. The van der Waals surface area contributed by atoms with E-state index in [0.29, 0.717) is 15.6 Å². The number of nitrogens with one attached hydrogen (secondary N) is 1. The van der Waals surface area contributed by atoms with Crippen LogP contribution in [0.1, 0.15) is 24.8 Å². The van der Waals surface area contributed by atoms with Crippen molar-refractivity contribution in [2.45, 2.75) is 19.8 Å². The number of anilines is 2. The largest absolute Gasteiger partial charge is 0.510 e. The molecule has 2 aromatic carbocycles. The van der Waals surface area contributed by atoms with Crippen LogP contribution in [0.15, 0.2) is 59.7 Å². The lowest BCUT2D eigenvalue weighted by Crippen LogP contribution is -2.32. The van der Waals surface area contributed by atoms with Gasteiger partial charge in [-0.25, -0.2) is 4.98 Å². The third kappa shape index (κ3) is 4.00. The molecule has 2 N–H and O–H groups in total. The highest BCUT2D eigenvalue weighted by molar-refractivity contribution is 7.11. The summed E-state index contributed by atoms with van der Waals surface area (Å²) >= 11 is 7.42. The molecule has 0 spiro atoms. The fourth-order valence-corrected chi connectivity index (χ4v) is 5.30. The first kappa shape index (κ1) is 21.0. The summed E-state index contributed by atoms with van der Waals surface area (Å²) in [5, 5.41) is 22.7. The molecule has 1 saturated heterocycles. The molecule has 7 heteroatoms. The van der Waals surface area contributed by atoms with E-state index >= 15 is 0 Å². The second kappa shape index (κ2) is 8.60. The van der Waals surface area contributed by atoms with E-state index in [-0.39, 0.29) is 18.1 Å². The van der Waals surface area contributed by atoms with Crippen LogP contribution in [-0.4, -0.2) is 35.6 Å². The number of thiazole rings is 1. The highest BCUT2D eigenvalue weighted by Crippen LogP contribution is 2.35. The second-order valence-corrected chi connectivity index (χ2v) is 9.78. The molecular formula is C25H25ClN4OS. The normalized spacial score (nSPS) is 17.5. The first-order valence-corrected chi connectivity index (χ1v) is 12.1. The summed E-state index contributed by atoms with van der Waals surface area (Å²) in [5.74, 6) is 1.26. The maximum absolute atomic E-state index is 10.7. The zero-order valence-corrected chi connectivity index (χ0v) is 19.5. The maximum Gasteiger partial charge on any atom is 0.139 e. The van der Waals surface area contributed by atoms with Crippen LogP contribution >= 0.6 is 22.9 Å². The lowest BCUT2D eigenvalue weighted by atomic mass is 9.99. The van der Waals surface area contributed by atoms with Crippen molar-refractivity contribution >= 4 is 45.7 Å². The van der Waals surface area contributed by atoms with E-state index in [9.17, 15) is 5.11 Å². The minimum atomic E-state index is 0.182. The summed E-state index contributed by atoms with van der Waals surface area (Å²) in [6.07, 6.45) is 2.46. The van der Waals surface area contributed by atoms with Gasteiger partial charge < -0.3 is 14.9 Å². The molecule has 3 aromatic rings. The van der Waals surface area contributed by atoms with Gasteiger partial charge in [0.1, 0.15) is 16.6 Å². The van der Waals surface area contributed by atoms with Crippen molar-refractivity contribution in [1.82, 2.24) is 4.98 Å². The molecule has 164 valence electrons. The van der Waals surface area contributed by atoms with Gasteiger partial charge in [-0.1, -0.05) is 30.7 Å². The second-order valence-electron chi connectivity index (χ2n) is 8.49. The van der Waals surface area contributed by atoms with Crippen molar-refractivity contribution in [3.8, 4) is 11.3 Å². The molecule has 1 aromatic heterocycles. The standard InChI is InChI=1S/C25H25ClN4OS/c1-16-10-12-29(13-11-16)19-6-8-20(9-7-19)30-14-22(31)23(24(30)27)25-28-21(15-32-25)17-2-4-18(26)5-3-17/h2-9,15-16,27,31H,10-14H2,1H3. The molecule has 3 heterocycles. The van der Waals surface area contributed by atoms with Crippen LogP contribution in [0.25, 0.3) is 16.8 Å². The van der Waals surface area contributed by atoms with Crippen LogP contribution in [0.2, 0.25) is 5.02 Å². The molecule has 0 saturated carbocycles. The third-order valence-electron chi connectivity index (χ3n) is 6.27. The number of piperidine rings is 1. The third-order valence-corrected chi connectivity index (χ3v) is 7.38. The van der Waals surface area contributed by atoms with Crippen molar-refractivity contribution in [2.24, 2.45) is 5.92 Å². The number of hydrogen-bond acceptors (Lipinski definition) is 5. The number of amidine groups is 1. The fourth-order valence-electron chi connectivity index (χ4n) is 4.28. The Morgan fingerprint density at radius 2 is 1.69 bits per heavy atom. The summed E-state index contributed by atoms with van der Waals surface area (Å²) < 4.78 is 0. The van der Waals surface area contributed by atoms with Crippen LogP contribution in [0.5, 0.6) is 0 Å². The van der Waals surface area contributed by atoms with Gasteiger partial charge in [-0.05, 0) is 55.2 Å². The maximum atomic E-state index is 10.7. The summed E-state index contributed by atoms with van der Waals surface area (Å²) in [7, 11) is 0. The van der Waals surface area contributed by atoms with Crippen molar-refractivity contribution in [3.63, 3.8) is 0 Å². The number of halogens is 1. The molecule has 2 aliphatic heterocycles. The molecule has 32 heavy (non-hydrogen) atoms. The molecule has 1 fully saturated rings. The van der Waals surface area contributed by atoms with Crippen LogP contribution in [0.4, 0.5) is 11.4 Å². The molecule has 0 bridgehead atoms. The van der Waals surface area contributed by atoms with Crippen LogP contribution in [0, 0.1) is 11.3 Å². The van der Waals surface area contributed by atoms with Gasteiger partial charge in [0.15, 0.2) is 0 Å². The van der Waals surface area contributed by atoms with E-state index in [2.05, 4.69) is 28.9 Å². The van der Waals surface area contributed by atoms with Gasteiger partial charge in [-0.15, -0.1) is 11.3 Å². The van der Waals surface area contributed by atoms with Gasteiger partial charge in [0.2, 0.25) is 0 Å². The van der Waals surface area contributed by atoms with E-state index in [0.717, 1.165) is 36.0 Å². The Morgan fingerprint density at radius 3 is 2.38 bits per heavy atom. The smallest absolute Gasteiger partial charge is 0.139 e. The molecular weight excluding hydrogens is 440 g/mol. The Balaban J connectivity index is 1.33. The van der Waals surface area contributed by atoms with E-state index in [4.69, 9.17) is 17.0 Å². The summed E-state index contributed by atoms with van der Waals surface area (Å²) in [4.78, 5) is 8.94. The Hall–Kier alpha value is -2.83. The van der Waals surface area contributed by atoms with Crippen molar-refractivity contribution in [1.29, 1.82) is 5.41 Å². The lowest BCUT2D eigenvalue weighted by Gasteiger charge is -2.32. The average molecular weight is 465 g/mol. The fraction of sp³-hybridized carbons (Fsp3) is 0.280. The highest BCUT2D eigenvalue weighted by atomic mass is 35.5. The number of hydrogen-bond donors (Lipinski definition) is 2. The average Bonchev–Trinajstić information content (AvgIpc) is 3.39. The molecule has 2 aliphatic rings. The van der Waals surface area contributed by atoms with E-state index in [1.807, 2.05) is 46.7 Å². The molecule has 5 rings (SSSR count). The topological polar surface area (TPSA) is 63.5 Å². The number of aliphatic hydroxyl groups excluding tert-OH is 1. The van der Waals surface area contributed by atoms with E-state index in [1.54, 1.807) is 0 Å². The predicted octanol–water partition coefficient (Wildman–Crippen LogP) is 6.47. The molecule has 0 unspecified atom stereocenters. The highest BCUT2D eigenvalue weighted by Gasteiger charge is 2.31. The predicted molar refractivity (Wildman–Crippen MR) is 134 cm³/mol. The van der Waals surface area contributed by atoms with Crippen molar-refractivity contribution < 1.29 is 5.11 Å². The number of rotatable bonds is 4. The minimum absolute atomic E-state index is 0.182. The Morgan fingerprint density at radius 1 is 1.03 bits per heavy atom. The zero-order chi connectivity index (χ0) is 22.2. The number of aliphatic hydroxyl groups is 1. The first-order chi connectivity index (χ1) is 15.5. The Labute approximate surface area is 197 Å². The Bertz CT molecular complexity index is 1160.